The number of nitrogens with zero attached hydrogens (tertiary/aromatic N) is 3. The first kappa shape index (κ1) is 15.0. The Morgan fingerprint density at radius 2 is 2.24 bits per heavy atom. The molecule has 1 N–H and O–H groups in total. The van der Waals surface area contributed by atoms with Gasteiger partial charge in [0.1, 0.15) is 0 Å². The third-order valence-corrected chi connectivity index (χ3v) is 4.12. The average Bonchev–Trinajstić information content (AvgIpc) is 2.45. The van der Waals surface area contributed by atoms with Gasteiger partial charge in [-0.1, -0.05) is 0 Å². The smallest absolute Gasteiger partial charge is 0.0739 e. The normalized spacial score (nSPS) is 21.3. The summed E-state index contributed by atoms with van der Waals surface area (Å²) < 4.78 is 3.13. The molecule has 2 rings (SSSR count). The van der Waals surface area contributed by atoms with Crippen molar-refractivity contribution < 1.29 is 0 Å². The van der Waals surface area contributed by atoms with Crippen molar-refractivity contribution in [2.75, 3.05) is 19.6 Å². The monoisotopic (exact) mass is 322 g/mol. The van der Waals surface area contributed by atoms with E-state index in [0.29, 0.717) is 6.04 Å². The summed E-state index contributed by atoms with van der Waals surface area (Å²) in [5, 5.41) is 7.88. The highest BCUT2D eigenvalue weighted by Gasteiger charge is 2.19. The number of nitrogens with one attached hydrogen (secondary N) is 1. The molecular weight excluding hydrogens is 304 g/mol. The van der Waals surface area contributed by atoms with E-state index in [-0.39, 0.29) is 12.4 Å². The van der Waals surface area contributed by atoms with Crippen LogP contribution in [-0.2, 0) is 13.6 Å². The fourth-order valence-corrected chi connectivity index (χ4v) is 2.68. The number of piperazine rings is 1. The van der Waals surface area contributed by atoms with Crippen LogP contribution in [0.1, 0.15) is 18.3 Å². The van der Waals surface area contributed by atoms with Gasteiger partial charge in [0.2, 0.25) is 0 Å². The van der Waals surface area contributed by atoms with E-state index in [4.69, 9.17) is 0 Å². The molecule has 1 aromatic rings. The lowest BCUT2D eigenvalue weighted by Gasteiger charge is -2.31. The lowest BCUT2D eigenvalue weighted by molar-refractivity contribution is 0.195. The van der Waals surface area contributed by atoms with Gasteiger partial charge < -0.3 is 5.32 Å². The molecule has 2 heterocycles. The molecule has 1 aliphatic rings. The second-order valence-corrected chi connectivity index (χ2v) is 5.35. The van der Waals surface area contributed by atoms with E-state index < -0.39 is 0 Å². The Morgan fingerprint density at radius 3 is 2.76 bits per heavy atom. The van der Waals surface area contributed by atoms with Gasteiger partial charge in [-0.25, -0.2) is 0 Å². The van der Waals surface area contributed by atoms with E-state index >= 15 is 0 Å². The zero-order valence-electron chi connectivity index (χ0n) is 10.5. The van der Waals surface area contributed by atoms with Crippen LogP contribution in [0.25, 0.3) is 0 Å². The summed E-state index contributed by atoms with van der Waals surface area (Å²) in [7, 11) is 2.01. The lowest BCUT2D eigenvalue weighted by atomic mass is 10.2. The van der Waals surface area contributed by atoms with E-state index in [1.165, 1.54) is 5.69 Å². The maximum absolute atomic E-state index is 4.42. The molecule has 0 spiro atoms. The summed E-state index contributed by atoms with van der Waals surface area (Å²) in [6.45, 7) is 8.54. The summed E-state index contributed by atoms with van der Waals surface area (Å²) in [5.74, 6) is 0. The van der Waals surface area contributed by atoms with Crippen LogP contribution in [-0.4, -0.2) is 40.4 Å². The van der Waals surface area contributed by atoms with Gasteiger partial charge in [0.05, 0.1) is 15.9 Å². The molecule has 1 fully saturated rings. The fraction of sp³-hybridized carbons (Fsp3) is 0.727. The molecule has 4 nitrogen and oxygen atoms in total. The van der Waals surface area contributed by atoms with Crippen LogP contribution < -0.4 is 5.32 Å². The molecule has 1 unspecified atom stereocenters. The number of aromatic nitrogens is 2. The van der Waals surface area contributed by atoms with E-state index in [2.05, 4.69) is 38.2 Å². The number of hydrogen-bond donors (Lipinski definition) is 1. The summed E-state index contributed by atoms with van der Waals surface area (Å²) in [6, 6.07) is 0.585. The Kier molecular flexibility index (Phi) is 5.44. The first-order valence-electron chi connectivity index (χ1n) is 5.71. The maximum Gasteiger partial charge on any atom is 0.0739 e. The molecule has 98 valence electrons. The third-order valence-electron chi connectivity index (χ3n) is 3.09. The third kappa shape index (κ3) is 3.44. The summed E-state index contributed by atoms with van der Waals surface area (Å²) in [5.41, 5.74) is 2.34. The quantitative estimate of drug-likeness (QED) is 0.899. The van der Waals surface area contributed by atoms with Gasteiger partial charge in [-0.2, -0.15) is 5.10 Å². The summed E-state index contributed by atoms with van der Waals surface area (Å²) in [6.07, 6.45) is 0. The zero-order valence-corrected chi connectivity index (χ0v) is 12.9. The molecule has 1 atom stereocenters. The molecule has 0 aliphatic carbocycles. The van der Waals surface area contributed by atoms with Crippen LogP contribution in [0.3, 0.4) is 0 Å². The van der Waals surface area contributed by atoms with Crippen LogP contribution in [0, 0.1) is 6.92 Å². The predicted octanol–water partition coefficient (Wildman–Crippen LogP) is 1.71. The maximum atomic E-state index is 4.42. The van der Waals surface area contributed by atoms with Gasteiger partial charge in [-0.05, 0) is 29.8 Å². The fourth-order valence-electron chi connectivity index (χ4n) is 2.22. The van der Waals surface area contributed by atoms with Crippen molar-refractivity contribution in [1.82, 2.24) is 20.0 Å². The number of aryl methyl sites for hydroxylation is 2. The van der Waals surface area contributed by atoms with E-state index in [9.17, 15) is 0 Å². The van der Waals surface area contributed by atoms with Crippen LogP contribution >= 0.6 is 28.3 Å². The molecule has 0 aromatic carbocycles. The largest absolute Gasteiger partial charge is 0.312 e. The number of hydrogen-bond acceptors (Lipinski definition) is 3. The Bertz CT molecular complexity index is 380. The van der Waals surface area contributed by atoms with Crippen molar-refractivity contribution in [3.63, 3.8) is 0 Å². The molecule has 17 heavy (non-hydrogen) atoms. The molecule has 0 amide bonds. The highest BCUT2D eigenvalue weighted by molar-refractivity contribution is 9.10. The summed E-state index contributed by atoms with van der Waals surface area (Å²) in [4.78, 5) is 2.47. The minimum Gasteiger partial charge on any atom is -0.312 e. The van der Waals surface area contributed by atoms with Crippen molar-refractivity contribution in [1.29, 1.82) is 0 Å². The average molecular weight is 324 g/mol. The van der Waals surface area contributed by atoms with Gasteiger partial charge in [0.15, 0.2) is 0 Å². The number of rotatable bonds is 2. The molecule has 1 aromatic heterocycles. The van der Waals surface area contributed by atoms with Crippen molar-refractivity contribution >= 4 is 28.3 Å². The minimum atomic E-state index is 0. The van der Waals surface area contributed by atoms with Crippen LogP contribution in [0.15, 0.2) is 4.47 Å². The highest BCUT2D eigenvalue weighted by Crippen LogP contribution is 2.21. The van der Waals surface area contributed by atoms with E-state index in [1.54, 1.807) is 0 Å². The number of halogens is 2. The Labute approximate surface area is 117 Å². The molecule has 0 bridgehead atoms. The predicted molar refractivity (Wildman–Crippen MR) is 75.6 cm³/mol. The zero-order chi connectivity index (χ0) is 11.7. The van der Waals surface area contributed by atoms with Crippen molar-refractivity contribution in [3.05, 3.63) is 15.9 Å². The molecule has 6 heteroatoms. The first-order valence-corrected chi connectivity index (χ1v) is 6.51. The second kappa shape index (κ2) is 6.18. The van der Waals surface area contributed by atoms with Gasteiger partial charge in [0.25, 0.3) is 0 Å². The van der Waals surface area contributed by atoms with Gasteiger partial charge in [0, 0.05) is 39.3 Å². The topological polar surface area (TPSA) is 33.1 Å². The molecule has 0 radical (unpaired) electrons. The van der Waals surface area contributed by atoms with Crippen molar-refractivity contribution in [2.45, 2.75) is 26.4 Å². The Morgan fingerprint density at radius 1 is 1.53 bits per heavy atom. The van der Waals surface area contributed by atoms with Crippen LogP contribution in [0.4, 0.5) is 0 Å². The SMILES string of the molecule is Cc1nn(C)c(CN2CCNC(C)C2)c1Br.Cl. The van der Waals surface area contributed by atoms with Crippen molar-refractivity contribution in [2.24, 2.45) is 7.05 Å². The van der Waals surface area contributed by atoms with E-state index in [1.807, 2.05) is 18.7 Å². The Balaban J connectivity index is 0.00000144. The van der Waals surface area contributed by atoms with Crippen LogP contribution in [0.5, 0.6) is 0 Å². The first-order chi connectivity index (χ1) is 7.58. The van der Waals surface area contributed by atoms with Gasteiger partial charge >= 0.3 is 0 Å². The van der Waals surface area contributed by atoms with E-state index in [0.717, 1.165) is 36.3 Å². The molecule has 1 aliphatic heterocycles. The summed E-state index contributed by atoms with van der Waals surface area (Å²) >= 11 is 3.62. The lowest BCUT2D eigenvalue weighted by Crippen LogP contribution is -2.48. The van der Waals surface area contributed by atoms with Crippen LogP contribution in [0.2, 0.25) is 0 Å². The molecule has 1 saturated heterocycles. The highest BCUT2D eigenvalue weighted by atomic mass is 79.9. The van der Waals surface area contributed by atoms with Gasteiger partial charge in [-0.3, -0.25) is 9.58 Å². The van der Waals surface area contributed by atoms with Crippen molar-refractivity contribution in [3.8, 4) is 0 Å². The molecule has 0 saturated carbocycles. The second-order valence-electron chi connectivity index (χ2n) is 4.56. The van der Waals surface area contributed by atoms with Gasteiger partial charge in [-0.15, -0.1) is 12.4 Å². The minimum absolute atomic E-state index is 0. The standard InChI is InChI=1S/C11H19BrN4.ClH/c1-8-6-16(5-4-13-8)7-10-11(12)9(2)14-15(10)3;/h8,13H,4-7H2,1-3H3;1H. The Hall–Kier alpha value is -0.100. The molecular formula is C11H20BrClN4.